The van der Waals surface area contributed by atoms with Crippen LogP contribution < -0.4 is 0 Å². The molecule has 15 heavy (non-hydrogen) atoms. The Labute approximate surface area is 112 Å². The average Bonchev–Trinajstić information content (AvgIpc) is 2.51. The molecular formula is C11H16Br2OS. The summed E-state index contributed by atoms with van der Waals surface area (Å²) < 4.78 is 7.94. The molecule has 0 aliphatic carbocycles. The van der Waals surface area contributed by atoms with Crippen LogP contribution in [-0.4, -0.2) is 6.61 Å². The van der Waals surface area contributed by atoms with Crippen LogP contribution in [-0.2, 0) is 11.3 Å². The van der Waals surface area contributed by atoms with Gasteiger partial charge in [-0.15, -0.1) is 11.3 Å². The molecular weight excluding hydrogens is 340 g/mol. The van der Waals surface area contributed by atoms with Gasteiger partial charge in [-0.2, -0.15) is 0 Å². The number of hydrogen-bond acceptors (Lipinski definition) is 2. The van der Waals surface area contributed by atoms with Crippen LogP contribution in [0.5, 0.6) is 0 Å². The van der Waals surface area contributed by atoms with Crippen LogP contribution in [0.4, 0.5) is 0 Å². The van der Waals surface area contributed by atoms with Crippen LogP contribution in [0.3, 0.4) is 0 Å². The number of hydrogen-bond donors (Lipinski definition) is 0. The van der Waals surface area contributed by atoms with Crippen LogP contribution >= 0.6 is 43.2 Å². The molecule has 86 valence electrons. The third-order valence-corrected chi connectivity index (χ3v) is 4.59. The van der Waals surface area contributed by atoms with Gasteiger partial charge in [0.25, 0.3) is 0 Å². The summed E-state index contributed by atoms with van der Waals surface area (Å²) in [7, 11) is 0. The highest BCUT2D eigenvalue weighted by Crippen LogP contribution is 2.32. The first kappa shape index (κ1) is 13.7. The van der Waals surface area contributed by atoms with Gasteiger partial charge >= 0.3 is 0 Å². The Morgan fingerprint density at radius 3 is 2.67 bits per heavy atom. The molecule has 0 spiro atoms. The number of thiophene rings is 1. The second kappa shape index (κ2) is 7.82. The van der Waals surface area contributed by atoms with Crippen molar-refractivity contribution in [1.82, 2.24) is 0 Å². The third-order valence-electron chi connectivity index (χ3n) is 2.13. The summed E-state index contributed by atoms with van der Waals surface area (Å²) in [5.74, 6) is 0. The zero-order chi connectivity index (χ0) is 11.1. The first-order chi connectivity index (χ1) is 7.24. The minimum absolute atomic E-state index is 0.717. The number of halogens is 2. The van der Waals surface area contributed by atoms with Gasteiger partial charge in [0.15, 0.2) is 0 Å². The highest BCUT2D eigenvalue weighted by atomic mass is 79.9. The van der Waals surface area contributed by atoms with Crippen molar-refractivity contribution >= 4 is 43.2 Å². The predicted octanol–water partition coefficient (Wildman–Crippen LogP) is 5.37. The lowest BCUT2D eigenvalue weighted by Crippen LogP contribution is -1.94. The summed E-state index contributed by atoms with van der Waals surface area (Å²) in [4.78, 5) is 0. The van der Waals surface area contributed by atoms with Gasteiger partial charge in [-0.05, 0) is 44.3 Å². The number of unbranched alkanes of at least 4 members (excludes halogenated alkanes) is 3. The molecule has 0 N–H and O–H groups in total. The first-order valence-corrected chi connectivity index (χ1v) is 7.65. The monoisotopic (exact) mass is 354 g/mol. The predicted molar refractivity (Wildman–Crippen MR) is 73.5 cm³/mol. The van der Waals surface area contributed by atoms with Gasteiger partial charge in [-0.3, -0.25) is 0 Å². The van der Waals surface area contributed by atoms with Gasteiger partial charge in [-0.25, -0.2) is 0 Å². The van der Waals surface area contributed by atoms with Crippen LogP contribution in [0.15, 0.2) is 13.6 Å². The molecule has 0 bridgehead atoms. The maximum atomic E-state index is 5.62. The summed E-state index contributed by atoms with van der Waals surface area (Å²) in [6, 6.07) is 2.11. The molecule has 0 atom stereocenters. The van der Waals surface area contributed by atoms with Crippen LogP contribution in [0.1, 0.15) is 38.2 Å². The Kier molecular flexibility index (Phi) is 7.14. The van der Waals surface area contributed by atoms with E-state index in [0.29, 0.717) is 0 Å². The fourth-order valence-electron chi connectivity index (χ4n) is 1.29. The molecule has 4 heteroatoms. The van der Waals surface area contributed by atoms with E-state index >= 15 is 0 Å². The molecule has 0 amide bonds. The minimum Gasteiger partial charge on any atom is -0.377 e. The van der Waals surface area contributed by atoms with Gasteiger partial charge in [0, 0.05) is 12.2 Å². The number of ether oxygens (including phenoxy) is 1. The van der Waals surface area contributed by atoms with E-state index in [1.54, 1.807) is 11.3 Å². The topological polar surface area (TPSA) is 9.23 Å². The standard InChI is InChI=1S/C11H16Br2OS/c1-2-3-4-5-6-14-8-9-7-10(12)15-11(9)13/h7H,2-6,8H2,1H3. The van der Waals surface area contributed by atoms with E-state index in [0.717, 1.165) is 17.0 Å². The summed E-state index contributed by atoms with van der Waals surface area (Å²) in [6.07, 6.45) is 5.06. The lowest BCUT2D eigenvalue weighted by molar-refractivity contribution is 0.116. The van der Waals surface area contributed by atoms with Crippen LogP contribution in [0, 0.1) is 0 Å². The molecule has 0 saturated heterocycles. The van der Waals surface area contributed by atoms with Crippen molar-refractivity contribution in [2.75, 3.05) is 6.61 Å². The Morgan fingerprint density at radius 2 is 2.07 bits per heavy atom. The maximum Gasteiger partial charge on any atom is 0.0765 e. The lowest BCUT2D eigenvalue weighted by atomic mass is 10.2. The molecule has 1 rings (SSSR count). The third kappa shape index (κ3) is 5.48. The molecule has 1 nitrogen and oxygen atoms in total. The van der Waals surface area contributed by atoms with Crippen molar-refractivity contribution < 1.29 is 4.74 Å². The highest BCUT2D eigenvalue weighted by molar-refractivity contribution is 9.12. The molecule has 1 aromatic heterocycles. The van der Waals surface area contributed by atoms with E-state index in [2.05, 4.69) is 44.8 Å². The van der Waals surface area contributed by atoms with Crippen molar-refractivity contribution in [3.05, 3.63) is 19.2 Å². The van der Waals surface area contributed by atoms with Crippen LogP contribution in [0.2, 0.25) is 0 Å². The van der Waals surface area contributed by atoms with Gasteiger partial charge in [-0.1, -0.05) is 26.2 Å². The second-order valence-corrected chi connectivity index (χ2v) is 7.21. The molecule has 0 radical (unpaired) electrons. The molecule has 0 aliphatic rings. The SMILES string of the molecule is CCCCCCOCc1cc(Br)sc1Br. The highest BCUT2D eigenvalue weighted by Gasteiger charge is 2.04. The van der Waals surface area contributed by atoms with E-state index < -0.39 is 0 Å². The molecule has 1 aromatic rings. The van der Waals surface area contributed by atoms with E-state index in [4.69, 9.17) is 4.74 Å². The Morgan fingerprint density at radius 1 is 1.27 bits per heavy atom. The molecule has 0 fully saturated rings. The van der Waals surface area contributed by atoms with Gasteiger partial charge in [0.1, 0.15) is 0 Å². The van der Waals surface area contributed by atoms with Gasteiger partial charge < -0.3 is 4.74 Å². The Bertz CT molecular complexity index is 286. The largest absolute Gasteiger partial charge is 0.377 e. The second-order valence-electron chi connectivity index (χ2n) is 3.46. The van der Waals surface area contributed by atoms with E-state index in [1.165, 1.54) is 35.0 Å². The minimum atomic E-state index is 0.717. The quantitative estimate of drug-likeness (QED) is 0.597. The zero-order valence-electron chi connectivity index (χ0n) is 8.89. The summed E-state index contributed by atoms with van der Waals surface area (Å²) in [5, 5.41) is 0. The van der Waals surface area contributed by atoms with Crippen molar-refractivity contribution in [1.29, 1.82) is 0 Å². The average molecular weight is 356 g/mol. The summed E-state index contributed by atoms with van der Waals surface area (Å²) in [6.45, 7) is 3.82. The van der Waals surface area contributed by atoms with Gasteiger partial charge in [0.05, 0.1) is 14.2 Å². The van der Waals surface area contributed by atoms with Crippen molar-refractivity contribution in [2.24, 2.45) is 0 Å². The fourth-order valence-corrected chi connectivity index (χ4v) is 4.07. The van der Waals surface area contributed by atoms with Crippen molar-refractivity contribution in [3.63, 3.8) is 0 Å². The fraction of sp³-hybridized carbons (Fsp3) is 0.636. The van der Waals surface area contributed by atoms with E-state index in [-0.39, 0.29) is 0 Å². The van der Waals surface area contributed by atoms with Crippen molar-refractivity contribution in [2.45, 2.75) is 39.2 Å². The summed E-state index contributed by atoms with van der Waals surface area (Å²) in [5.41, 5.74) is 1.24. The first-order valence-electron chi connectivity index (χ1n) is 5.25. The normalized spacial score (nSPS) is 10.9. The van der Waals surface area contributed by atoms with Crippen molar-refractivity contribution in [3.8, 4) is 0 Å². The number of rotatable bonds is 7. The molecule has 0 unspecified atom stereocenters. The van der Waals surface area contributed by atoms with Gasteiger partial charge in [0.2, 0.25) is 0 Å². The summed E-state index contributed by atoms with van der Waals surface area (Å²) >= 11 is 8.67. The van der Waals surface area contributed by atoms with Crippen LogP contribution in [0.25, 0.3) is 0 Å². The van der Waals surface area contributed by atoms with E-state index in [1.807, 2.05) is 0 Å². The van der Waals surface area contributed by atoms with E-state index in [9.17, 15) is 0 Å². The molecule has 0 aliphatic heterocycles. The Balaban J connectivity index is 2.12. The zero-order valence-corrected chi connectivity index (χ0v) is 12.9. The molecule has 0 aromatic carbocycles. The lowest BCUT2D eigenvalue weighted by Gasteiger charge is -2.02. The molecule has 0 saturated carbocycles. The maximum absolute atomic E-state index is 5.62. The Hall–Kier alpha value is 0.620. The smallest absolute Gasteiger partial charge is 0.0765 e. The molecule has 1 heterocycles.